The first kappa shape index (κ1) is 10.9. The lowest BCUT2D eigenvalue weighted by Gasteiger charge is -2.36. The maximum atomic E-state index is 9.02. The van der Waals surface area contributed by atoms with Gasteiger partial charge in [0.05, 0.1) is 12.1 Å². The zero-order valence-electron chi connectivity index (χ0n) is 7.82. The van der Waals surface area contributed by atoms with Crippen molar-refractivity contribution in [3.05, 3.63) is 23.3 Å². The Morgan fingerprint density at radius 1 is 1.00 bits per heavy atom. The molecule has 0 aromatic rings. The number of alkyl halides is 2. The predicted octanol–water partition coefficient (Wildman–Crippen LogP) is 3.06. The highest BCUT2D eigenvalue weighted by Gasteiger charge is 2.38. The molecule has 2 nitrogen and oxygen atoms in total. The largest absolute Gasteiger partial charge is 0.193 e. The van der Waals surface area contributed by atoms with Crippen LogP contribution in [0.15, 0.2) is 23.3 Å². The summed E-state index contributed by atoms with van der Waals surface area (Å²) in [4.78, 5) is 0.239. The molecule has 0 aromatic carbocycles. The molecular formula is C11H8Br2N2. The fourth-order valence-corrected chi connectivity index (χ4v) is 3.76. The van der Waals surface area contributed by atoms with Crippen LogP contribution in [0.3, 0.4) is 0 Å². The van der Waals surface area contributed by atoms with E-state index in [1.54, 1.807) is 0 Å². The molecule has 2 unspecified atom stereocenters. The molecular weight excluding hydrogens is 320 g/mol. The van der Waals surface area contributed by atoms with E-state index in [0.29, 0.717) is 0 Å². The molecule has 0 spiro atoms. The number of allylic oxidation sites excluding steroid dienone is 4. The molecule has 2 aliphatic carbocycles. The number of nitrogens with zero attached hydrogens (tertiary/aromatic N) is 2. The summed E-state index contributed by atoms with van der Waals surface area (Å²) in [5.41, 5.74) is 1.64. The topological polar surface area (TPSA) is 47.6 Å². The Balaban J connectivity index is 2.42. The minimum atomic E-state index is 0.120. The summed E-state index contributed by atoms with van der Waals surface area (Å²) in [6.07, 6.45) is 4.76. The molecule has 2 rings (SSSR count). The maximum absolute atomic E-state index is 9.02. The predicted molar refractivity (Wildman–Crippen MR) is 64.4 cm³/mol. The molecule has 4 atom stereocenters. The lowest BCUT2D eigenvalue weighted by Crippen LogP contribution is -2.33. The molecule has 0 heterocycles. The van der Waals surface area contributed by atoms with E-state index in [4.69, 9.17) is 10.5 Å². The van der Waals surface area contributed by atoms with Crippen molar-refractivity contribution in [1.29, 1.82) is 10.5 Å². The first-order valence-electron chi connectivity index (χ1n) is 4.69. The Bertz CT molecular complexity index is 385. The van der Waals surface area contributed by atoms with Gasteiger partial charge in [0.25, 0.3) is 0 Å². The van der Waals surface area contributed by atoms with Gasteiger partial charge in [-0.05, 0) is 6.42 Å². The number of rotatable bonds is 0. The monoisotopic (exact) mass is 326 g/mol. The van der Waals surface area contributed by atoms with Crippen molar-refractivity contribution in [1.82, 2.24) is 0 Å². The Hall–Kier alpha value is -0.580. The van der Waals surface area contributed by atoms with Crippen molar-refractivity contribution in [3.8, 4) is 12.1 Å². The number of hydrogen-bond acceptors (Lipinski definition) is 2. The highest BCUT2D eigenvalue weighted by Crippen LogP contribution is 2.44. The quantitative estimate of drug-likeness (QED) is 0.642. The van der Waals surface area contributed by atoms with Crippen molar-refractivity contribution in [3.63, 3.8) is 0 Å². The summed E-state index contributed by atoms with van der Waals surface area (Å²) in [6.45, 7) is 0. The molecule has 0 amide bonds. The summed E-state index contributed by atoms with van der Waals surface area (Å²) < 4.78 is 0. The minimum absolute atomic E-state index is 0.120. The smallest absolute Gasteiger partial charge is 0.0947 e. The molecule has 76 valence electrons. The summed E-state index contributed by atoms with van der Waals surface area (Å²) in [5.74, 6) is 0.455. The number of halogens is 2. The third kappa shape index (κ3) is 1.77. The Morgan fingerprint density at radius 3 is 1.73 bits per heavy atom. The van der Waals surface area contributed by atoms with Gasteiger partial charge in [-0.25, -0.2) is 0 Å². The SMILES string of the molecule is N#CC1=C[C@@H](Br)C2CC1[C@H](Br)C=C2C#N. The fraction of sp³-hybridized carbons (Fsp3) is 0.455. The van der Waals surface area contributed by atoms with Crippen LogP contribution in [0, 0.1) is 34.5 Å². The zero-order valence-corrected chi connectivity index (χ0v) is 11.0. The molecule has 0 saturated carbocycles. The van der Waals surface area contributed by atoms with Crippen LogP contribution in [0.25, 0.3) is 0 Å². The second-order valence-electron chi connectivity index (χ2n) is 3.81. The molecule has 4 heteroatoms. The number of hydrogen-bond donors (Lipinski definition) is 0. The van der Waals surface area contributed by atoms with Crippen LogP contribution in [-0.4, -0.2) is 9.65 Å². The average molecular weight is 328 g/mol. The number of fused-ring (bicyclic) bond motifs is 2. The molecule has 0 saturated heterocycles. The van der Waals surface area contributed by atoms with Gasteiger partial charge < -0.3 is 0 Å². The molecule has 0 fully saturated rings. The van der Waals surface area contributed by atoms with Crippen LogP contribution in [0.4, 0.5) is 0 Å². The van der Waals surface area contributed by atoms with Gasteiger partial charge in [0.1, 0.15) is 0 Å². The average Bonchev–Trinajstić information content (AvgIpc) is 2.25. The van der Waals surface area contributed by atoms with E-state index in [1.807, 2.05) is 12.2 Å². The van der Waals surface area contributed by atoms with E-state index >= 15 is 0 Å². The van der Waals surface area contributed by atoms with Crippen molar-refractivity contribution in [2.75, 3.05) is 0 Å². The van der Waals surface area contributed by atoms with Gasteiger partial charge in [-0.15, -0.1) is 0 Å². The lowest BCUT2D eigenvalue weighted by atomic mass is 9.72. The van der Waals surface area contributed by atoms with E-state index in [0.717, 1.165) is 17.6 Å². The van der Waals surface area contributed by atoms with Crippen LogP contribution in [0.5, 0.6) is 0 Å². The van der Waals surface area contributed by atoms with E-state index < -0.39 is 0 Å². The van der Waals surface area contributed by atoms with Crippen molar-refractivity contribution in [2.24, 2.45) is 11.8 Å². The molecule has 0 radical (unpaired) electrons. The third-order valence-corrected chi connectivity index (χ3v) is 4.82. The van der Waals surface area contributed by atoms with E-state index in [9.17, 15) is 0 Å². The maximum Gasteiger partial charge on any atom is 0.0947 e. The van der Waals surface area contributed by atoms with Crippen molar-refractivity contribution in [2.45, 2.75) is 16.1 Å². The molecule has 0 aliphatic heterocycles. The van der Waals surface area contributed by atoms with Crippen molar-refractivity contribution < 1.29 is 0 Å². The van der Waals surface area contributed by atoms with E-state index in [2.05, 4.69) is 44.0 Å². The van der Waals surface area contributed by atoms with E-state index in [1.165, 1.54) is 0 Å². The van der Waals surface area contributed by atoms with Crippen LogP contribution in [0.2, 0.25) is 0 Å². The van der Waals surface area contributed by atoms with Gasteiger partial charge in [0.2, 0.25) is 0 Å². The fourth-order valence-electron chi connectivity index (χ4n) is 2.19. The standard InChI is InChI=1S/C11H8Br2N2/c12-10-1-6(4-14)8-3-9(10)7(5-15)2-11(8)13/h1-2,8-11H,3H2/t8?,9?,10-,11-/m1/s1. The normalized spacial score (nSPS) is 38.4. The second-order valence-corrected chi connectivity index (χ2v) is 5.92. The van der Waals surface area contributed by atoms with Crippen LogP contribution in [-0.2, 0) is 0 Å². The molecule has 2 bridgehead atoms. The van der Waals surface area contributed by atoms with Crippen LogP contribution < -0.4 is 0 Å². The lowest BCUT2D eigenvalue weighted by molar-refractivity contribution is 0.437. The van der Waals surface area contributed by atoms with E-state index in [-0.39, 0.29) is 21.5 Å². The highest BCUT2D eigenvalue weighted by molar-refractivity contribution is 9.10. The van der Waals surface area contributed by atoms with Crippen LogP contribution >= 0.6 is 31.9 Å². The molecule has 0 aromatic heterocycles. The number of nitriles is 2. The second kappa shape index (κ2) is 4.12. The van der Waals surface area contributed by atoms with Crippen LogP contribution in [0.1, 0.15) is 6.42 Å². The zero-order chi connectivity index (χ0) is 11.0. The summed E-state index contributed by atoms with van der Waals surface area (Å²) >= 11 is 7.05. The minimum Gasteiger partial charge on any atom is -0.193 e. The van der Waals surface area contributed by atoms with Gasteiger partial charge in [-0.1, -0.05) is 44.0 Å². The van der Waals surface area contributed by atoms with Gasteiger partial charge in [0, 0.05) is 32.6 Å². The summed E-state index contributed by atoms with van der Waals surface area (Å²) in [7, 11) is 0. The van der Waals surface area contributed by atoms with Gasteiger partial charge >= 0.3 is 0 Å². The first-order valence-corrected chi connectivity index (χ1v) is 6.52. The van der Waals surface area contributed by atoms with Gasteiger partial charge in [-0.2, -0.15) is 10.5 Å². The molecule has 2 aliphatic rings. The summed E-state index contributed by atoms with van der Waals surface area (Å²) in [6, 6.07) is 4.48. The van der Waals surface area contributed by atoms with Gasteiger partial charge in [0.15, 0.2) is 0 Å². The highest BCUT2D eigenvalue weighted by atomic mass is 79.9. The van der Waals surface area contributed by atoms with Crippen molar-refractivity contribution >= 4 is 31.9 Å². The Labute approximate surface area is 106 Å². The third-order valence-electron chi connectivity index (χ3n) is 3.01. The molecule has 15 heavy (non-hydrogen) atoms. The Kier molecular flexibility index (Phi) is 3.00. The first-order chi connectivity index (χ1) is 7.17. The summed E-state index contributed by atoms with van der Waals surface area (Å²) in [5, 5.41) is 18.0. The Morgan fingerprint density at radius 2 is 1.40 bits per heavy atom. The molecule has 0 N–H and O–H groups in total. The van der Waals surface area contributed by atoms with Gasteiger partial charge in [-0.3, -0.25) is 0 Å².